The van der Waals surface area contributed by atoms with Gasteiger partial charge in [0.2, 0.25) is 5.91 Å². The molecule has 5 nitrogen and oxygen atoms in total. The van der Waals surface area contributed by atoms with Gasteiger partial charge in [-0.25, -0.2) is 0 Å². The van der Waals surface area contributed by atoms with E-state index >= 15 is 0 Å². The molecule has 1 aromatic heterocycles. The first-order valence-corrected chi connectivity index (χ1v) is 5.79. The van der Waals surface area contributed by atoms with Crippen LogP contribution >= 0.6 is 0 Å². The van der Waals surface area contributed by atoms with Gasteiger partial charge < -0.3 is 9.47 Å². The highest BCUT2D eigenvalue weighted by Gasteiger charge is 2.17. The summed E-state index contributed by atoms with van der Waals surface area (Å²) in [5.74, 6) is 0.702. The van der Waals surface area contributed by atoms with Crippen LogP contribution in [-0.2, 0) is 0 Å². The van der Waals surface area contributed by atoms with E-state index in [2.05, 4.69) is 0 Å². The Labute approximate surface area is 110 Å². The molecule has 0 bridgehead atoms. The van der Waals surface area contributed by atoms with Crippen molar-refractivity contribution in [3.63, 3.8) is 0 Å². The molecule has 100 valence electrons. The second-order valence-electron chi connectivity index (χ2n) is 4.21. The molecule has 2 rings (SSSR count). The molecule has 0 saturated heterocycles. The van der Waals surface area contributed by atoms with Gasteiger partial charge in [-0.05, 0) is 12.1 Å². The number of nitrogens with zero attached hydrogens (tertiary/aromatic N) is 1. The molecule has 0 fully saturated rings. The van der Waals surface area contributed by atoms with Crippen molar-refractivity contribution in [1.29, 1.82) is 0 Å². The fourth-order valence-electron chi connectivity index (χ4n) is 2.13. The summed E-state index contributed by atoms with van der Waals surface area (Å²) in [6.07, 6.45) is 0. The van der Waals surface area contributed by atoms with Crippen LogP contribution in [0.25, 0.3) is 10.9 Å². The molecular formula is C14H15NO4. The zero-order valence-electron chi connectivity index (χ0n) is 11.3. The van der Waals surface area contributed by atoms with E-state index in [4.69, 9.17) is 9.47 Å². The smallest absolute Gasteiger partial charge is 0.228 e. The molecule has 5 heteroatoms. The molecule has 1 heterocycles. The second kappa shape index (κ2) is 4.76. The van der Waals surface area contributed by atoms with Crippen molar-refractivity contribution in [1.82, 2.24) is 4.57 Å². The van der Waals surface area contributed by atoms with Crippen molar-refractivity contribution in [2.75, 3.05) is 14.2 Å². The van der Waals surface area contributed by atoms with Crippen LogP contribution in [0.1, 0.15) is 29.1 Å². The molecule has 0 amide bonds. The summed E-state index contributed by atoms with van der Waals surface area (Å²) in [7, 11) is 3.06. The largest absolute Gasteiger partial charge is 0.493 e. The third-order valence-electron chi connectivity index (χ3n) is 2.98. The van der Waals surface area contributed by atoms with Crippen LogP contribution in [0, 0.1) is 0 Å². The Morgan fingerprint density at radius 3 is 2.05 bits per heavy atom. The predicted octanol–water partition coefficient (Wildman–Crippen LogP) is 2.52. The predicted molar refractivity (Wildman–Crippen MR) is 71.3 cm³/mol. The van der Waals surface area contributed by atoms with E-state index in [0.717, 1.165) is 5.39 Å². The van der Waals surface area contributed by atoms with Crippen LogP contribution in [-0.4, -0.2) is 30.5 Å². The number of aromatic nitrogens is 1. The Kier molecular flexibility index (Phi) is 3.29. The van der Waals surface area contributed by atoms with Gasteiger partial charge in [0.25, 0.3) is 0 Å². The van der Waals surface area contributed by atoms with E-state index in [9.17, 15) is 9.59 Å². The molecule has 0 saturated carbocycles. The molecule has 1 aromatic carbocycles. The highest BCUT2D eigenvalue weighted by Crippen LogP contribution is 2.33. The zero-order chi connectivity index (χ0) is 14.2. The van der Waals surface area contributed by atoms with Gasteiger partial charge in [0.1, 0.15) is 0 Å². The number of rotatable bonds is 3. The molecule has 0 aliphatic carbocycles. The summed E-state index contributed by atoms with van der Waals surface area (Å²) in [5.41, 5.74) is 0.994. The van der Waals surface area contributed by atoms with Crippen molar-refractivity contribution in [2.45, 2.75) is 13.8 Å². The molecule has 0 N–H and O–H groups in total. The number of ether oxygens (including phenoxy) is 2. The summed E-state index contributed by atoms with van der Waals surface area (Å²) in [5, 5.41) is 0.762. The Hall–Kier alpha value is -2.30. The summed E-state index contributed by atoms with van der Waals surface area (Å²) in [4.78, 5) is 23.4. The van der Waals surface area contributed by atoms with Gasteiger partial charge >= 0.3 is 0 Å². The lowest BCUT2D eigenvalue weighted by atomic mass is 10.2. The number of ketones is 1. The average molecular weight is 261 g/mol. The third-order valence-corrected chi connectivity index (χ3v) is 2.98. The minimum absolute atomic E-state index is 0.163. The zero-order valence-corrected chi connectivity index (χ0v) is 11.3. The molecule has 0 unspecified atom stereocenters. The maximum absolute atomic E-state index is 11.7. The Morgan fingerprint density at radius 2 is 1.58 bits per heavy atom. The number of fused-ring (bicyclic) bond motifs is 1. The number of Topliss-reactive ketones (excluding diaryl/α,β-unsaturated/α-hetero) is 1. The van der Waals surface area contributed by atoms with Crippen molar-refractivity contribution in [2.24, 2.45) is 0 Å². The minimum atomic E-state index is -0.215. The first kappa shape index (κ1) is 13.1. The lowest BCUT2D eigenvalue weighted by Gasteiger charge is -2.09. The quantitative estimate of drug-likeness (QED) is 0.797. The van der Waals surface area contributed by atoms with Crippen molar-refractivity contribution in [3.05, 3.63) is 23.9 Å². The van der Waals surface area contributed by atoms with Crippen molar-refractivity contribution >= 4 is 22.6 Å². The van der Waals surface area contributed by atoms with Gasteiger partial charge in [0.05, 0.1) is 25.4 Å². The first-order chi connectivity index (χ1) is 8.99. The molecule has 0 atom stereocenters. The fraction of sp³-hybridized carbons (Fsp3) is 0.286. The second-order valence-corrected chi connectivity index (χ2v) is 4.21. The Morgan fingerprint density at radius 1 is 1.00 bits per heavy atom. The average Bonchev–Trinajstić information content (AvgIpc) is 2.75. The van der Waals surface area contributed by atoms with Gasteiger partial charge in [-0.3, -0.25) is 14.2 Å². The summed E-state index contributed by atoms with van der Waals surface area (Å²) >= 11 is 0. The van der Waals surface area contributed by atoms with E-state index in [0.29, 0.717) is 22.7 Å². The highest BCUT2D eigenvalue weighted by molar-refractivity contribution is 6.05. The van der Waals surface area contributed by atoms with Gasteiger partial charge in [-0.1, -0.05) is 0 Å². The first-order valence-electron chi connectivity index (χ1n) is 5.79. The number of carbonyl (C=O) groups excluding carboxylic acids is 2. The molecule has 2 aromatic rings. The number of carbonyl (C=O) groups is 2. The van der Waals surface area contributed by atoms with Crippen LogP contribution in [0.3, 0.4) is 0 Å². The molecule has 19 heavy (non-hydrogen) atoms. The topological polar surface area (TPSA) is 57.5 Å². The lowest BCUT2D eigenvalue weighted by Crippen LogP contribution is -2.12. The van der Waals surface area contributed by atoms with Crippen LogP contribution in [0.2, 0.25) is 0 Å². The number of hydrogen-bond donors (Lipinski definition) is 0. The number of hydrogen-bond acceptors (Lipinski definition) is 4. The van der Waals surface area contributed by atoms with Gasteiger partial charge in [-0.15, -0.1) is 0 Å². The SMILES string of the molecule is COc1cc2cc(C(C)=O)n(C(C)=O)c2cc1OC. The van der Waals surface area contributed by atoms with Crippen LogP contribution in [0.4, 0.5) is 0 Å². The Bertz CT molecular complexity index is 670. The van der Waals surface area contributed by atoms with E-state index in [-0.39, 0.29) is 11.7 Å². The van der Waals surface area contributed by atoms with Crippen LogP contribution < -0.4 is 9.47 Å². The third kappa shape index (κ3) is 2.07. The standard InChI is InChI=1S/C14H15NO4/c1-8(16)11-5-10-6-13(18-3)14(19-4)7-12(10)15(11)9(2)17/h5-7H,1-4H3. The van der Waals surface area contributed by atoms with E-state index in [1.807, 2.05) is 0 Å². The van der Waals surface area contributed by atoms with E-state index in [1.165, 1.54) is 32.6 Å². The maximum atomic E-state index is 11.7. The van der Waals surface area contributed by atoms with Gasteiger partial charge in [-0.2, -0.15) is 0 Å². The van der Waals surface area contributed by atoms with E-state index < -0.39 is 0 Å². The maximum Gasteiger partial charge on any atom is 0.228 e. The fourth-order valence-corrected chi connectivity index (χ4v) is 2.13. The molecule has 0 spiro atoms. The minimum Gasteiger partial charge on any atom is -0.493 e. The van der Waals surface area contributed by atoms with E-state index in [1.54, 1.807) is 18.2 Å². The Balaban J connectivity index is 2.84. The van der Waals surface area contributed by atoms with Crippen LogP contribution in [0.15, 0.2) is 18.2 Å². The monoisotopic (exact) mass is 261 g/mol. The lowest BCUT2D eigenvalue weighted by molar-refractivity contribution is 0.0913. The molecule has 0 radical (unpaired) electrons. The summed E-state index contributed by atoms with van der Waals surface area (Å²) < 4.78 is 11.8. The van der Waals surface area contributed by atoms with Gasteiger partial charge in [0, 0.05) is 25.3 Å². The normalized spacial score (nSPS) is 10.5. The van der Waals surface area contributed by atoms with Crippen LogP contribution in [0.5, 0.6) is 11.5 Å². The summed E-state index contributed by atoms with van der Waals surface area (Å²) in [6.45, 7) is 2.85. The molecular weight excluding hydrogens is 246 g/mol. The molecule has 0 aliphatic heterocycles. The number of methoxy groups -OCH3 is 2. The molecule has 0 aliphatic rings. The van der Waals surface area contributed by atoms with Crippen molar-refractivity contribution < 1.29 is 19.1 Å². The van der Waals surface area contributed by atoms with Crippen molar-refractivity contribution in [3.8, 4) is 11.5 Å². The highest BCUT2D eigenvalue weighted by atomic mass is 16.5. The van der Waals surface area contributed by atoms with Gasteiger partial charge in [0.15, 0.2) is 17.3 Å². The summed E-state index contributed by atoms with van der Waals surface area (Å²) in [6, 6.07) is 5.13. The number of benzene rings is 1.